The van der Waals surface area contributed by atoms with Gasteiger partial charge in [0.15, 0.2) is 0 Å². The van der Waals surface area contributed by atoms with E-state index in [0.29, 0.717) is 6.04 Å². The van der Waals surface area contributed by atoms with Crippen molar-refractivity contribution in [3.8, 4) is 0 Å². The molecule has 0 bridgehead atoms. The molecule has 0 fully saturated rings. The second-order valence-electron chi connectivity index (χ2n) is 5.33. The molecule has 1 heterocycles. The smallest absolute Gasteiger partial charge is 0.0419 e. The summed E-state index contributed by atoms with van der Waals surface area (Å²) in [4.78, 5) is 4.56. The molecule has 0 aliphatic carbocycles. The zero-order valence-electron chi connectivity index (χ0n) is 12.7. The Morgan fingerprint density at radius 1 is 1.10 bits per heavy atom. The maximum atomic E-state index is 4.56. The summed E-state index contributed by atoms with van der Waals surface area (Å²) in [5.74, 6) is 0. The van der Waals surface area contributed by atoms with Gasteiger partial charge < -0.3 is 5.32 Å². The van der Waals surface area contributed by atoms with E-state index in [9.17, 15) is 0 Å². The van der Waals surface area contributed by atoms with Crippen molar-refractivity contribution < 1.29 is 0 Å². The Bertz CT molecular complexity index is 531. The lowest BCUT2D eigenvalue weighted by Crippen LogP contribution is -2.30. The van der Waals surface area contributed by atoms with Gasteiger partial charge in [0.05, 0.1) is 0 Å². The highest BCUT2D eigenvalue weighted by Gasteiger charge is 2.10. The molecule has 1 unspecified atom stereocenters. The summed E-state index contributed by atoms with van der Waals surface area (Å²) in [6, 6.07) is 13.4. The summed E-state index contributed by atoms with van der Waals surface area (Å²) in [6.45, 7) is 4.33. The lowest BCUT2D eigenvalue weighted by molar-refractivity contribution is 0.549. The average Bonchev–Trinajstić information content (AvgIpc) is 2.49. The van der Waals surface area contributed by atoms with E-state index in [-0.39, 0.29) is 0 Å². The number of benzene rings is 1. The van der Waals surface area contributed by atoms with Crippen molar-refractivity contribution in [2.75, 3.05) is 7.05 Å². The number of nitrogens with one attached hydrogen (secondary N) is 1. The fraction of sp³-hybridized carbons (Fsp3) is 0.389. The Kier molecular flexibility index (Phi) is 5.31. The molecule has 1 atom stereocenters. The third kappa shape index (κ3) is 3.91. The first-order valence-corrected chi connectivity index (χ1v) is 7.38. The van der Waals surface area contributed by atoms with Crippen molar-refractivity contribution in [1.29, 1.82) is 0 Å². The van der Waals surface area contributed by atoms with Crippen LogP contribution in [0.2, 0.25) is 0 Å². The quantitative estimate of drug-likeness (QED) is 0.869. The van der Waals surface area contributed by atoms with E-state index < -0.39 is 0 Å². The van der Waals surface area contributed by atoms with Gasteiger partial charge in [-0.3, -0.25) is 4.98 Å². The molecule has 2 heteroatoms. The number of rotatable bonds is 6. The van der Waals surface area contributed by atoms with E-state index >= 15 is 0 Å². The van der Waals surface area contributed by atoms with Gasteiger partial charge in [-0.25, -0.2) is 0 Å². The number of likely N-dealkylation sites (N-methyl/N-ethyl adjacent to an activating group) is 1. The normalized spacial score (nSPS) is 12.3. The molecule has 106 valence electrons. The number of pyridine rings is 1. The molecular formula is C18H24N2. The van der Waals surface area contributed by atoms with Gasteiger partial charge in [-0.05, 0) is 49.6 Å². The molecule has 2 aromatic rings. The first-order valence-electron chi connectivity index (χ1n) is 7.38. The predicted octanol–water partition coefficient (Wildman–Crippen LogP) is 3.33. The minimum atomic E-state index is 0.427. The number of aryl methyl sites for hydroxylation is 2. The Hall–Kier alpha value is -1.67. The lowest BCUT2D eigenvalue weighted by atomic mass is 9.98. The zero-order valence-corrected chi connectivity index (χ0v) is 12.7. The number of nitrogens with zero attached hydrogens (tertiary/aromatic N) is 1. The Labute approximate surface area is 122 Å². The van der Waals surface area contributed by atoms with Crippen LogP contribution in [0.1, 0.15) is 29.3 Å². The molecular weight excluding hydrogens is 244 g/mol. The molecule has 0 spiro atoms. The van der Waals surface area contributed by atoms with Crippen LogP contribution in [0.4, 0.5) is 0 Å². The van der Waals surface area contributed by atoms with E-state index in [1.54, 1.807) is 0 Å². The topological polar surface area (TPSA) is 24.9 Å². The average molecular weight is 268 g/mol. The maximum absolute atomic E-state index is 4.56. The second-order valence-corrected chi connectivity index (χ2v) is 5.33. The van der Waals surface area contributed by atoms with Gasteiger partial charge in [-0.1, -0.05) is 37.3 Å². The minimum absolute atomic E-state index is 0.427. The maximum Gasteiger partial charge on any atom is 0.0419 e. The SMILES string of the molecule is CCc1ccc(CC(Cc2ccccc2C)NC)nc1. The van der Waals surface area contributed by atoms with Crippen LogP contribution in [0.15, 0.2) is 42.6 Å². The van der Waals surface area contributed by atoms with Crippen LogP contribution in [0.3, 0.4) is 0 Å². The van der Waals surface area contributed by atoms with Crippen molar-refractivity contribution in [3.05, 3.63) is 65.0 Å². The first-order chi connectivity index (χ1) is 9.72. The van der Waals surface area contributed by atoms with E-state index in [1.165, 1.54) is 16.7 Å². The Morgan fingerprint density at radius 2 is 1.90 bits per heavy atom. The molecule has 0 radical (unpaired) electrons. The molecule has 20 heavy (non-hydrogen) atoms. The summed E-state index contributed by atoms with van der Waals surface area (Å²) in [6.07, 6.45) is 5.05. The summed E-state index contributed by atoms with van der Waals surface area (Å²) < 4.78 is 0. The van der Waals surface area contributed by atoms with Gasteiger partial charge in [0.1, 0.15) is 0 Å². The first kappa shape index (κ1) is 14.7. The van der Waals surface area contributed by atoms with Gasteiger partial charge in [0, 0.05) is 24.4 Å². The van der Waals surface area contributed by atoms with Crippen LogP contribution >= 0.6 is 0 Å². The van der Waals surface area contributed by atoms with Crippen molar-refractivity contribution in [2.45, 2.75) is 39.2 Å². The second kappa shape index (κ2) is 7.20. The highest BCUT2D eigenvalue weighted by atomic mass is 14.9. The fourth-order valence-corrected chi connectivity index (χ4v) is 2.42. The fourth-order valence-electron chi connectivity index (χ4n) is 2.42. The van der Waals surface area contributed by atoms with Crippen molar-refractivity contribution in [2.24, 2.45) is 0 Å². The summed E-state index contributed by atoms with van der Waals surface area (Å²) in [5, 5.41) is 3.41. The monoisotopic (exact) mass is 268 g/mol. The third-order valence-corrected chi connectivity index (χ3v) is 3.89. The molecule has 2 rings (SSSR count). The highest BCUT2D eigenvalue weighted by Crippen LogP contribution is 2.12. The minimum Gasteiger partial charge on any atom is -0.316 e. The van der Waals surface area contributed by atoms with Crippen LogP contribution in [0, 0.1) is 6.92 Å². The molecule has 0 saturated carbocycles. The Balaban J connectivity index is 2.03. The van der Waals surface area contributed by atoms with Crippen LogP contribution in [-0.2, 0) is 19.3 Å². The van der Waals surface area contributed by atoms with Crippen LogP contribution in [-0.4, -0.2) is 18.1 Å². The molecule has 0 aliphatic rings. The van der Waals surface area contributed by atoms with Gasteiger partial charge in [-0.2, -0.15) is 0 Å². The molecule has 1 aromatic heterocycles. The molecule has 2 nitrogen and oxygen atoms in total. The lowest BCUT2D eigenvalue weighted by Gasteiger charge is -2.17. The predicted molar refractivity (Wildman–Crippen MR) is 85.0 cm³/mol. The van der Waals surface area contributed by atoms with Crippen molar-refractivity contribution >= 4 is 0 Å². The molecule has 0 aliphatic heterocycles. The van der Waals surface area contributed by atoms with Crippen molar-refractivity contribution in [3.63, 3.8) is 0 Å². The third-order valence-electron chi connectivity index (χ3n) is 3.89. The zero-order chi connectivity index (χ0) is 14.4. The number of aromatic nitrogens is 1. The summed E-state index contributed by atoms with van der Waals surface area (Å²) in [7, 11) is 2.03. The van der Waals surface area contributed by atoms with Gasteiger partial charge >= 0.3 is 0 Å². The number of hydrogen-bond acceptors (Lipinski definition) is 2. The van der Waals surface area contributed by atoms with Crippen molar-refractivity contribution in [1.82, 2.24) is 10.3 Å². The molecule has 0 saturated heterocycles. The summed E-state index contributed by atoms with van der Waals surface area (Å²) >= 11 is 0. The van der Waals surface area contributed by atoms with Gasteiger partial charge in [0.2, 0.25) is 0 Å². The van der Waals surface area contributed by atoms with E-state index in [2.05, 4.69) is 60.5 Å². The molecule has 0 amide bonds. The van der Waals surface area contributed by atoms with Crippen LogP contribution < -0.4 is 5.32 Å². The van der Waals surface area contributed by atoms with E-state index in [4.69, 9.17) is 0 Å². The van der Waals surface area contributed by atoms with Gasteiger partial charge in [0.25, 0.3) is 0 Å². The highest BCUT2D eigenvalue weighted by molar-refractivity contribution is 5.26. The standard InChI is InChI=1S/C18H24N2/c1-4-15-9-10-17(20-13-15)12-18(19-3)11-16-8-6-5-7-14(16)2/h5-10,13,18-19H,4,11-12H2,1-3H3. The number of hydrogen-bond donors (Lipinski definition) is 1. The van der Waals surface area contributed by atoms with Crippen LogP contribution in [0.5, 0.6) is 0 Å². The molecule has 1 aromatic carbocycles. The molecule has 1 N–H and O–H groups in total. The van der Waals surface area contributed by atoms with E-state index in [0.717, 1.165) is 25.0 Å². The van der Waals surface area contributed by atoms with Crippen LogP contribution in [0.25, 0.3) is 0 Å². The van der Waals surface area contributed by atoms with Gasteiger partial charge in [-0.15, -0.1) is 0 Å². The Morgan fingerprint density at radius 3 is 2.50 bits per heavy atom. The largest absolute Gasteiger partial charge is 0.316 e. The summed E-state index contributed by atoms with van der Waals surface area (Å²) in [5.41, 5.74) is 5.24. The van der Waals surface area contributed by atoms with E-state index in [1.807, 2.05) is 13.2 Å².